The lowest BCUT2D eigenvalue weighted by atomic mass is 10.2. The van der Waals surface area contributed by atoms with Gasteiger partial charge in [0, 0.05) is 21.8 Å². The zero-order valence-corrected chi connectivity index (χ0v) is 17.5. The average molecular weight is 438 g/mol. The molecule has 7 nitrogen and oxygen atoms in total. The third-order valence-electron chi connectivity index (χ3n) is 3.55. The number of hydrogen-bond donors (Lipinski definition) is 2. The number of carbonyl (C=O) groups excluding carboxylic acids is 3. The van der Waals surface area contributed by atoms with Gasteiger partial charge in [0.25, 0.3) is 0 Å². The molecule has 0 radical (unpaired) electrons. The van der Waals surface area contributed by atoms with Crippen LogP contribution in [0.25, 0.3) is 0 Å². The summed E-state index contributed by atoms with van der Waals surface area (Å²) in [5.41, 5.74) is 1.07. The summed E-state index contributed by atoms with van der Waals surface area (Å²) in [4.78, 5) is 38.0. The molecular weight excluding hydrogens is 417 g/mol. The minimum Gasteiger partial charge on any atom is -0.459 e. The van der Waals surface area contributed by atoms with Gasteiger partial charge in [0.2, 0.25) is 0 Å². The summed E-state index contributed by atoms with van der Waals surface area (Å²) < 4.78 is 5.17. The molecule has 0 saturated heterocycles. The molecule has 0 aromatic heterocycles. The fourth-order valence-electron chi connectivity index (χ4n) is 2.29. The lowest BCUT2D eigenvalue weighted by Gasteiger charge is -2.22. The normalized spacial score (nSPS) is 10.4. The number of imide groups is 1. The SMILES string of the molecule is CC(C)NC(=O)N(CC(=O)OCc1ccccc1)C(=O)Nc1cc(Cl)cc(Cl)c1. The van der Waals surface area contributed by atoms with Crippen LogP contribution in [-0.4, -0.2) is 35.5 Å². The summed E-state index contributed by atoms with van der Waals surface area (Å²) >= 11 is 11.9. The Bertz CT molecular complexity index is 855. The molecule has 0 spiro atoms. The van der Waals surface area contributed by atoms with Gasteiger partial charge in [-0.05, 0) is 37.6 Å². The van der Waals surface area contributed by atoms with Gasteiger partial charge in [-0.15, -0.1) is 0 Å². The quantitative estimate of drug-likeness (QED) is 0.641. The number of nitrogens with zero attached hydrogens (tertiary/aromatic N) is 1. The van der Waals surface area contributed by atoms with Crippen LogP contribution >= 0.6 is 23.2 Å². The molecule has 0 bridgehead atoms. The number of rotatable bonds is 6. The number of esters is 1. The highest BCUT2D eigenvalue weighted by Gasteiger charge is 2.26. The molecule has 0 atom stereocenters. The van der Waals surface area contributed by atoms with E-state index in [2.05, 4.69) is 10.6 Å². The minimum absolute atomic E-state index is 0.0326. The van der Waals surface area contributed by atoms with E-state index in [0.29, 0.717) is 10.0 Å². The topological polar surface area (TPSA) is 87.7 Å². The van der Waals surface area contributed by atoms with E-state index in [0.717, 1.165) is 10.5 Å². The Morgan fingerprint density at radius 1 is 1.00 bits per heavy atom. The summed E-state index contributed by atoms with van der Waals surface area (Å²) in [5, 5.41) is 5.71. The number of nitrogens with one attached hydrogen (secondary N) is 2. The van der Waals surface area contributed by atoms with Crippen LogP contribution < -0.4 is 10.6 Å². The van der Waals surface area contributed by atoms with Crippen molar-refractivity contribution in [1.29, 1.82) is 0 Å². The maximum absolute atomic E-state index is 12.6. The number of ether oxygens (including phenoxy) is 1. The molecule has 29 heavy (non-hydrogen) atoms. The maximum atomic E-state index is 12.6. The van der Waals surface area contributed by atoms with E-state index >= 15 is 0 Å². The van der Waals surface area contributed by atoms with Crippen LogP contribution in [0.2, 0.25) is 10.0 Å². The Hall–Kier alpha value is -2.77. The molecule has 0 aliphatic heterocycles. The Labute approximate surface area is 178 Å². The van der Waals surface area contributed by atoms with Crippen molar-refractivity contribution in [1.82, 2.24) is 10.2 Å². The van der Waals surface area contributed by atoms with Crippen molar-refractivity contribution in [2.24, 2.45) is 0 Å². The van der Waals surface area contributed by atoms with Crippen LogP contribution in [-0.2, 0) is 16.1 Å². The second kappa shape index (κ2) is 10.7. The second-order valence-electron chi connectivity index (χ2n) is 6.42. The third-order valence-corrected chi connectivity index (χ3v) is 3.98. The Kier molecular flexibility index (Phi) is 8.30. The maximum Gasteiger partial charge on any atom is 0.330 e. The van der Waals surface area contributed by atoms with Gasteiger partial charge < -0.3 is 15.4 Å². The summed E-state index contributed by atoms with van der Waals surface area (Å²) in [6, 6.07) is 11.7. The predicted molar refractivity (Wildman–Crippen MR) is 112 cm³/mol. The number of anilines is 1. The molecule has 0 heterocycles. The monoisotopic (exact) mass is 437 g/mol. The molecule has 0 fully saturated rings. The molecule has 0 unspecified atom stereocenters. The molecule has 4 amide bonds. The molecule has 0 saturated carbocycles. The molecule has 0 aliphatic carbocycles. The van der Waals surface area contributed by atoms with Crippen LogP contribution in [0.3, 0.4) is 0 Å². The first-order valence-corrected chi connectivity index (χ1v) is 9.55. The highest BCUT2D eigenvalue weighted by molar-refractivity contribution is 6.35. The minimum atomic E-state index is -0.821. The third kappa shape index (κ3) is 7.63. The first kappa shape index (κ1) is 22.5. The number of benzene rings is 2. The van der Waals surface area contributed by atoms with E-state index in [1.54, 1.807) is 26.0 Å². The van der Waals surface area contributed by atoms with Crippen molar-refractivity contribution in [3.63, 3.8) is 0 Å². The van der Waals surface area contributed by atoms with Gasteiger partial charge in [-0.25, -0.2) is 14.5 Å². The number of amides is 4. The van der Waals surface area contributed by atoms with Gasteiger partial charge in [-0.1, -0.05) is 53.5 Å². The van der Waals surface area contributed by atoms with Crippen LogP contribution in [0.1, 0.15) is 19.4 Å². The van der Waals surface area contributed by atoms with E-state index in [-0.39, 0.29) is 18.3 Å². The van der Waals surface area contributed by atoms with Gasteiger partial charge in [-0.3, -0.25) is 4.79 Å². The largest absolute Gasteiger partial charge is 0.459 e. The highest BCUT2D eigenvalue weighted by atomic mass is 35.5. The molecular formula is C20H21Cl2N3O4. The van der Waals surface area contributed by atoms with E-state index in [1.807, 2.05) is 18.2 Å². The molecule has 154 valence electrons. The van der Waals surface area contributed by atoms with Crippen LogP contribution in [0.15, 0.2) is 48.5 Å². The fraction of sp³-hybridized carbons (Fsp3) is 0.250. The van der Waals surface area contributed by atoms with E-state index in [1.165, 1.54) is 18.2 Å². The lowest BCUT2D eigenvalue weighted by Crippen LogP contribution is -2.50. The Balaban J connectivity index is 2.07. The van der Waals surface area contributed by atoms with Gasteiger partial charge in [0.1, 0.15) is 13.2 Å². The van der Waals surface area contributed by atoms with Crippen LogP contribution in [0.5, 0.6) is 0 Å². The zero-order chi connectivity index (χ0) is 21.4. The molecule has 2 rings (SSSR count). The van der Waals surface area contributed by atoms with Crippen LogP contribution in [0, 0.1) is 0 Å². The van der Waals surface area contributed by atoms with Gasteiger partial charge >= 0.3 is 18.0 Å². The summed E-state index contributed by atoms with van der Waals surface area (Å²) in [6.07, 6.45) is 0. The van der Waals surface area contributed by atoms with E-state index < -0.39 is 24.6 Å². The van der Waals surface area contributed by atoms with Crippen molar-refractivity contribution < 1.29 is 19.1 Å². The second-order valence-corrected chi connectivity index (χ2v) is 7.30. The molecule has 2 N–H and O–H groups in total. The van der Waals surface area contributed by atoms with E-state index in [4.69, 9.17) is 27.9 Å². The number of urea groups is 2. The predicted octanol–water partition coefficient (Wildman–Crippen LogP) is 4.69. The molecule has 2 aromatic carbocycles. The number of hydrogen-bond acceptors (Lipinski definition) is 4. The fourth-order valence-corrected chi connectivity index (χ4v) is 2.82. The highest BCUT2D eigenvalue weighted by Crippen LogP contribution is 2.22. The van der Waals surface area contributed by atoms with Crippen molar-refractivity contribution >= 4 is 46.9 Å². The standard InChI is InChI=1S/C20H21Cl2N3O4/c1-13(2)23-19(27)25(11-18(26)29-12-14-6-4-3-5-7-14)20(28)24-17-9-15(21)8-16(22)10-17/h3-10,13H,11-12H2,1-2H3,(H,23,27)(H,24,28). The number of halogens is 2. The summed E-state index contributed by atoms with van der Waals surface area (Å²) in [5.74, 6) is -0.730. The zero-order valence-electron chi connectivity index (χ0n) is 15.9. The average Bonchev–Trinajstić information content (AvgIpc) is 2.63. The Morgan fingerprint density at radius 3 is 2.21 bits per heavy atom. The van der Waals surface area contributed by atoms with Gasteiger partial charge in [0.15, 0.2) is 0 Å². The lowest BCUT2D eigenvalue weighted by molar-refractivity contribution is -0.145. The van der Waals surface area contributed by atoms with E-state index in [9.17, 15) is 14.4 Å². The smallest absolute Gasteiger partial charge is 0.330 e. The van der Waals surface area contributed by atoms with Gasteiger partial charge in [-0.2, -0.15) is 0 Å². The van der Waals surface area contributed by atoms with Crippen molar-refractivity contribution in [2.45, 2.75) is 26.5 Å². The molecule has 0 aliphatic rings. The summed E-state index contributed by atoms with van der Waals surface area (Å²) in [7, 11) is 0. The summed E-state index contributed by atoms with van der Waals surface area (Å²) in [6.45, 7) is 2.94. The Morgan fingerprint density at radius 2 is 1.62 bits per heavy atom. The van der Waals surface area contributed by atoms with Crippen molar-refractivity contribution in [3.8, 4) is 0 Å². The van der Waals surface area contributed by atoms with Crippen molar-refractivity contribution in [2.75, 3.05) is 11.9 Å². The molecule has 2 aromatic rings. The first-order valence-electron chi connectivity index (χ1n) is 8.79. The number of carbonyl (C=O) groups is 3. The first-order chi connectivity index (χ1) is 13.7. The molecule has 9 heteroatoms. The van der Waals surface area contributed by atoms with Crippen molar-refractivity contribution in [3.05, 3.63) is 64.1 Å². The van der Waals surface area contributed by atoms with Gasteiger partial charge in [0.05, 0.1) is 0 Å². The van der Waals surface area contributed by atoms with Crippen LogP contribution in [0.4, 0.5) is 15.3 Å².